The van der Waals surface area contributed by atoms with Crippen molar-refractivity contribution >= 4 is 68.7 Å². The molecule has 12 aromatic rings. The van der Waals surface area contributed by atoms with E-state index in [0.717, 1.165) is 62.1 Å². The highest BCUT2D eigenvalue weighted by Gasteiger charge is 2.42. The Balaban J connectivity index is 0.618. The van der Waals surface area contributed by atoms with E-state index in [1.807, 2.05) is 0 Å². The fraction of sp³-hybridized carbons (Fsp3) is 0.212. The Kier molecular flexibility index (Phi) is 15.7. The van der Waals surface area contributed by atoms with Gasteiger partial charge in [-0.05, 0) is 302 Å². The maximum Gasteiger partial charge on any atom is 0.0595 e. The van der Waals surface area contributed by atoms with Crippen LogP contribution in [0.1, 0.15) is 160 Å². The van der Waals surface area contributed by atoms with Crippen molar-refractivity contribution in [2.45, 2.75) is 136 Å². The molecule has 0 saturated heterocycles. The Morgan fingerprint density at radius 2 is 1.07 bits per heavy atom. The molecule has 0 fully saturated rings. The van der Waals surface area contributed by atoms with Crippen LogP contribution >= 0.6 is 0 Å². The summed E-state index contributed by atoms with van der Waals surface area (Å²) in [5.41, 5.74) is 42.7. The van der Waals surface area contributed by atoms with Gasteiger partial charge in [0.15, 0.2) is 0 Å². The molecule has 7 aliphatic carbocycles. The molecule has 534 valence electrons. The van der Waals surface area contributed by atoms with Gasteiger partial charge in [0, 0.05) is 79.4 Å². The lowest BCUT2D eigenvalue weighted by atomic mass is 9.78. The largest absolute Gasteiger partial charge is 0.334 e. The van der Waals surface area contributed by atoms with E-state index in [0.29, 0.717) is 5.92 Å². The number of fused-ring (bicyclic) bond motifs is 12. The summed E-state index contributed by atoms with van der Waals surface area (Å²) >= 11 is 0. The number of hydrogen-bond acceptors (Lipinski definition) is 3. The van der Waals surface area contributed by atoms with Gasteiger partial charge < -0.3 is 24.3 Å². The highest BCUT2D eigenvalue weighted by atomic mass is 15.2. The third-order valence-electron chi connectivity index (χ3n) is 26.1. The predicted molar refractivity (Wildman–Crippen MR) is 459 cm³/mol. The first kappa shape index (κ1) is 66.9. The van der Waals surface area contributed by atoms with Crippen molar-refractivity contribution < 1.29 is 0 Å². The Bertz CT molecular complexity index is 6040. The molecule has 3 unspecified atom stereocenters. The van der Waals surface area contributed by atoms with Crippen LogP contribution in [0.4, 0.5) is 28.4 Å². The van der Waals surface area contributed by atoms with Gasteiger partial charge in [0.2, 0.25) is 0 Å². The molecule has 20 rings (SSSR count). The number of aromatic nitrogens is 2. The highest BCUT2D eigenvalue weighted by molar-refractivity contribution is 5.96. The molecule has 0 saturated carbocycles. The summed E-state index contributed by atoms with van der Waals surface area (Å²) in [6, 6.07) is 87.9. The second kappa shape index (κ2) is 25.6. The molecular formula is C104H93N5. The van der Waals surface area contributed by atoms with Crippen LogP contribution in [0.25, 0.3) is 85.0 Å². The van der Waals surface area contributed by atoms with Crippen LogP contribution in [-0.4, -0.2) is 21.2 Å². The molecule has 109 heavy (non-hydrogen) atoms. The smallest absolute Gasteiger partial charge is 0.0595 e. The van der Waals surface area contributed by atoms with E-state index in [-0.39, 0.29) is 28.3 Å². The minimum absolute atomic E-state index is 0.0341. The number of nitrogens with one attached hydrogen (secondary N) is 1. The molecule has 3 atom stereocenters. The molecule has 1 N–H and O–H groups in total. The van der Waals surface area contributed by atoms with Crippen LogP contribution < -0.4 is 15.1 Å². The minimum atomic E-state index is -0.287. The Morgan fingerprint density at radius 1 is 0.495 bits per heavy atom. The van der Waals surface area contributed by atoms with Crippen molar-refractivity contribution in [1.29, 1.82) is 0 Å². The monoisotopic (exact) mass is 1410 g/mol. The van der Waals surface area contributed by atoms with Crippen LogP contribution in [0.3, 0.4) is 0 Å². The molecule has 1 aliphatic heterocycles. The van der Waals surface area contributed by atoms with Gasteiger partial charge in [-0.3, -0.25) is 0 Å². The molecule has 0 spiro atoms. The molecule has 2 aromatic heterocycles. The van der Waals surface area contributed by atoms with Crippen LogP contribution in [-0.2, 0) is 29.2 Å². The molecular weight excluding hydrogens is 1320 g/mol. The summed E-state index contributed by atoms with van der Waals surface area (Å²) in [7, 11) is 0. The summed E-state index contributed by atoms with van der Waals surface area (Å²) in [6.45, 7) is 22.3. The third-order valence-corrected chi connectivity index (χ3v) is 26.1. The Morgan fingerprint density at radius 3 is 1.82 bits per heavy atom. The Hall–Kier alpha value is -11.5. The lowest BCUT2D eigenvalue weighted by Crippen LogP contribution is -2.38. The fourth-order valence-corrected chi connectivity index (χ4v) is 20.4. The molecule has 5 heteroatoms. The lowest BCUT2D eigenvalue weighted by Gasteiger charge is -2.40. The van der Waals surface area contributed by atoms with E-state index in [1.165, 1.54) is 173 Å². The molecule has 5 nitrogen and oxygen atoms in total. The first-order valence-corrected chi connectivity index (χ1v) is 39.8. The summed E-state index contributed by atoms with van der Waals surface area (Å²) in [6.07, 6.45) is 30.4. The number of anilines is 5. The number of allylic oxidation sites excluding steroid dienone is 8. The summed E-state index contributed by atoms with van der Waals surface area (Å²) < 4.78 is 4.97. The zero-order valence-electron chi connectivity index (χ0n) is 64.2. The van der Waals surface area contributed by atoms with Gasteiger partial charge in [0.05, 0.1) is 23.3 Å². The van der Waals surface area contributed by atoms with Crippen LogP contribution in [0.5, 0.6) is 0 Å². The van der Waals surface area contributed by atoms with Crippen molar-refractivity contribution in [3.8, 4) is 44.8 Å². The second-order valence-corrected chi connectivity index (χ2v) is 33.5. The molecule has 0 radical (unpaired) electrons. The SMILES string of the molecule is C/C(=C\c1c(C)c2c(n1-c1ccccc1)C=CC(C1=CCC(N(c3ccccc3)c3ccc4c(c3)C(C)(C)c3ccccc3-4)C3=C1C=CCC3)NC2)c1ccc2c(c1)C(C)(C)c1cc(N(c3ccc(-c4ccc5c(c4)c4c(n5-c5ccccc5)C=CC(C)C4)cc3)c3ccc4c(c3)C(C)(C)C3=C4CCC=C3)ccc1-2. The van der Waals surface area contributed by atoms with Crippen molar-refractivity contribution in [3.63, 3.8) is 0 Å². The van der Waals surface area contributed by atoms with Crippen molar-refractivity contribution in [1.82, 2.24) is 14.5 Å². The normalized spacial score (nSPS) is 19.1. The molecule has 0 bridgehead atoms. The summed E-state index contributed by atoms with van der Waals surface area (Å²) in [5, 5.41) is 5.49. The van der Waals surface area contributed by atoms with Gasteiger partial charge in [-0.15, -0.1) is 0 Å². The number of nitrogens with zero attached hydrogens (tertiary/aromatic N) is 4. The minimum Gasteiger partial charge on any atom is -0.334 e. The number of hydrogen-bond donors (Lipinski definition) is 1. The zero-order chi connectivity index (χ0) is 73.8. The molecule has 0 amide bonds. The number of rotatable bonds is 12. The van der Waals surface area contributed by atoms with Gasteiger partial charge in [-0.25, -0.2) is 0 Å². The molecule has 10 aromatic carbocycles. The van der Waals surface area contributed by atoms with E-state index in [4.69, 9.17) is 0 Å². The topological polar surface area (TPSA) is 28.4 Å². The van der Waals surface area contributed by atoms with E-state index in [9.17, 15) is 0 Å². The van der Waals surface area contributed by atoms with Crippen molar-refractivity contribution in [2.75, 3.05) is 9.80 Å². The van der Waals surface area contributed by atoms with Crippen LogP contribution in [0, 0.1) is 12.8 Å². The second-order valence-electron chi connectivity index (χ2n) is 33.5. The average Bonchev–Trinajstić information content (AvgIpc) is 1.75. The van der Waals surface area contributed by atoms with E-state index in [2.05, 4.69) is 378 Å². The maximum atomic E-state index is 4.16. The van der Waals surface area contributed by atoms with E-state index < -0.39 is 0 Å². The van der Waals surface area contributed by atoms with Gasteiger partial charge in [0.1, 0.15) is 0 Å². The number of para-hydroxylation sites is 3. The van der Waals surface area contributed by atoms with Crippen molar-refractivity contribution in [3.05, 3.63) is 368 Å². The van der Waals surface area contributed by atoms with Gasteiger partial charge in [-0.1, -0.05) is 218 Å². The van der Waals surface area contributed by atoms with Gasteiger partial charge in [0.25, 0.3) is 0 Å². The third kappa shape index (κ3) is 10.6. The predicted octanol–water partition coefficient (Wildman–Crippen LogP) is 26.3. The van der Waals surface area contributed by atoms with Crippen LogP contribution in [0.2, 0.25) is 0 Å². The Labute approximate surface area is 643 Å². The zero-order valence-corrected chi connectivity index (χ0v) is 64.2. The van der Waals surface area contributed by atoms with Gasteiger partial charge >= 0.3 is 0 Å². The average molecular weight is 1410 g/mol. The first-order valence-electron chi connectivity index (χ1n) is 39.8. The molecule has 3 heterocycles. The lowest BCUT2D eigenvalue weighted by molar-refractivity contribution is 0.629. The highest BCUT2D eigenvalue weighted by Crippen LogP contribution is 2.56. The fourth-order valence-electron chi connectivity index (χ4n) is 20.4. The maximum absolute atomic E-state index is 4.16. The van der Waals surface area contributed by atoms with Gasteiger partial charge in [-0.2, -0.15) is 0 Å². The quantitative estimate of drug-likeness (QED) is 0.132. The standard InChI is InChI=1S/C104H93N5/c1-65-37-53-98-87(57-65)88-59-70(41-54-99(88)108(98)72-27-15-11-16-28-72)68-38-42-74(43-39-68)106(75-44-48-82-79-32-21-23-35-90(79)102(4,5)93(82)61-75)76-45-49-84-81-47-40-69(60-92(81)104(8,9)95(84)62-76)66(2)58-101-67(3)89-64-105-96(52-56-100(89)109(101)73-29-17-12-18-30-73)85-51-55-97(86-34-20-19-31-78(85)86)107(71-25-13-10-14-26-71)77-46-50-83-80-33-22-24-36-91(80)103(6,7)94(83)63-77/h10-19,22-31,33,35-54,56,58-63,65,96-97,105H,20-21,32,34,55,57,64H2,1-9H3/b66-58+. The van der Waals surface area contributed by atoms with E-state index >= 15 is 0 Å². The van der Waals surface area contributed by atoms with Crippen LogP contribution in [0.15, 0.2) is 295 Å². The van der Waals surface area contributed by atoms with E-state index in [1.54, 1.807) is 0 Å². The first-order chi connectivity index (χ1) is 53.1. The van der Waals surface area contributed by atoms with Crippen molar-refractivity contribution in [2.24, 2.45) is 5.92 Å². The number of benzene rings is 10. The summed E-state index contributed by atoms with van der Waals surface area (Å²) in [5.74, 6) is 0.483. The molecule has 8 aliphatic rings. The summed E-state index contributed by atoms with van der Waals surface area (Å²) in [4.78, 5) is 5.17.